The number of carboxylic acid groups (broad SMARTS) is 2. The first-order valence-electron chi connectivity index (χ1n) is 10.4. The van der Waals surface area contributed by atoms with Gasteiger partial charge in [0.1, 0.15) is 18.1 Å². The van der Waals surface area contributed by atoms with Crippen molar-refractivity contribution in [2.45, 2.75) is 70.1 Å². The van der Waals surface area contributed by atoms with E-state index in [1.165, 1.54) is 0 Å². The zero-order valence-corrected chi connectivity index (χ0v) is 18.9. The first-order valence-corrected chi connectivity index (χ1v) is 10.4. The van der Waals surface area contributed by atoms with Gasteiger partial charge in [0, 0.05) is 6.42 Å². The monoisotopic (exact) mass is 488 g/mol. The first kappa shape index (κ1) is 30.2. The Morgan fingerprint density at radius 2 is 1.26 bits per heavy atom. The molecule has 0 saturated heterocycles. The molecule has 0 heterocycles. The Hall–Kier alpha value is -3.75. The number of hydrogen-bond acceptors (Lipinski definition) is 8. The third kappa shape index (κ3) is 11.2. The van der Waals surface area contributed by atoms with Crippen LogP contribution in [0.1, 0.15) is 46.0 Å². The number of aliphatic carboxylic acids is 2. The van der Waals surface area contributed by atoms with Gasteiger partial charge < -0.3 is 43.4 Å². The Labute approximate surface area is 195 Å². The van der Waals surface area contributed by atoms with Crippen LogP contribution >= 0.6 is 0 Å². The van der Waals surface area contributed by atoms with Gasteiger partial charge in [-0.25, -0.2) is 4.79 Å². The third-order valence-electron chi connectivity index (χ3n) is 4.90. The molecule has 34 heavy (non-hydrogen) atoms. The van der Waals surface area contributed by atoms with Crippen LogP contribution in [0.4, 0.5) is 0 Å². The molecule has 5 unspecified atom stereocenters. The summed E-state index contributed by atoms with van der Waals surface area (Å²) in [6.45, 7) is 3.52. The highest BCUT2D eigenvalue weighted by molar-refractivity contribution is 5.96. The van der Waals surface area contributed by atoms with Crippen LogP contribution in [0, 0.1) is 5.92 Å². The zero-order chi connectivity index (χ0) is 26.6. The van der Waals surface area contributed by atoms with E-state index in [4.69, 9.17) is 27.4 Å². The Morgan fingerprint density at radius 3 is 1.71 bits per heavy atom. The maximum Gasteiger partial charge on any atom is 0.326 e. The third-order valence-corrected chi connectivity index (χ3v) is 4.90. The minimum Gasteiger partial charge on any atom is -0.481 e. The second-order valence-electron chi connectivity index (χ2n) is 7.71. The number of nitrogens with one attached hydrogen (secondary N) is 3. The highest BCUT2D eigenvalue weighted by atomic mass is 16.4. The van der Waals surface area contributed by atoms with Gasteiger partial charge in [0.2, 0.25) is 29.5 Å². The van der Waals surface area contributed by atoms with Gasteiger partial charge in [0.05, 0.1) is 18.9 Å². The molecule has 0 aliphatic rings. The van der Waals surface area contributed by atoms with E-state index in [1.54, 1.807) is 13.8 Å². The van der Waals surface area contributed by atoms with E-state index in [2.05, 4.69) is 10.6 Å². The minimum absolute atomic E-state index is 0.240. The summed E-state index contributed by atoms with van der Waals surface area (Å²) < 4.78 is 0. The van der Waals surface area contributed by atoms with Gasteiger partial charge in [-0.1, -0.05) is 20.3 Å². The molecule has 0 aliphatic carbocycles. The van der Waals surface area contributed by atoms with Crippen molar-refractivity contribution in [2.75, 3.05) is 0 Å². The number of amides is 5. The molecule has 0 saturated carbocycles. The Kier molecular flexibility index (Phi) is 12.8. The van der Waals surface area contributed by atoms with Crippen LogP contribution in [0.3, 0.4) is 0 Å². The average Bonchev–Trinajstić information content (AvgIpc) is 2.73. The van der Waals surface area contributed by atoms with Crippen LogP contribution < -0.4 is 33.2 Å². The Morgan fingerprint density at radius 1 is 0.765 bits per heavy atom. The van der Waals surface area contributed by atoms with E-state index < -0.39 is 78.5 Å². The minimum atomic E-state index is -1.85. The average molecular weight is 488 g/mol. The molecular weight excluding hydrogens is 456 g/mol. The van der Waals surface area contributed by atoms with E-state index in [-0.39, 0.29) is 18.8 Å². The predicted molar refractivity (Wildman–Crippen MR) is 115 cm³/mol. The van der Waals surface area contributed by atoms with Gasteiger partial charge in [-0.15, -0.1) is 0 Å². The number of nitrogens with two attached hydrogens (primary N) is 3. The van der Waals surface area contributed by atoms with E-state index in [0.29, 0.717) is 6.42 Å². The standard InChI is InChI=1S/C19H32N6O9/c1-3-8(2)15(22)18(32)23-9(4-5-12(20)26)16(30)24-10(6-13(21)27)17(31)25-11(19(33)34)7-14(28)29/h8-11,15H,3-7,22H2,1-2H3,(H2,20,26)(H2,21,27)(H,23,32)(H,24,30)(H,25,31)(H,28,29)(H,33,34). The van der Waals surface area contributed by atoms with Gasteiger partial charge in [-0.2, -0.15) is 0 Å². The molecule has 192 valence electrons. The van der Waals surface area contributed by atoms with Gasteiger partial charge in [0.25, 0.3) is 0 Å². The fourth-order valence-corrected chi connectivity index (χ4v) is 2.67. The second-order valence-corrected chi connectivity index (χ2v) is 7.71. The maximum absolute atomic E-state index is 12.8. The summed E-state index contributed by atoms with van der Waals surface area (Å²) in [5.41, 5.74) is 16.0. The number of primary amides is 2. The quantitative estimate of drug-likeness (QED) is 0.106. The van der Waals surface area contributed by atoms with Crippen molar-refractivity contribution in [1.29, 1.82) is 0 Å². The smallest absolute Gasteiger partial charge is 0.326 e. The lowest BCUT2D eigenvalue weighted by atomic mass is 9.98. The summed E-state index contributed by atoms with van der Waals surface area (Å²) in [5.74, 6) is -8.14. The normalized spacial score (nSPS) is 15.0. The van der Waals surface area contributed by atoms with Crippen LogP contribution in [0.5, 0.6) is 0 Å². The van der Waals surface area contributed by atoms with Crippen molar-refractivity contribution in [3.8, 4) is 0 Å². The molecule has 0 aromatic rings. The number of carboxylic acids is 2. The first-order chi connectivity index (χ1) is 15.7. The predicted octanol–water partition coefficient (Wildman–Crippen LogP) is -3.49. The van der Waals surface area contributed by atoms with Crippen molar-refractivity contribution in [2.24, 2.45) is 23.1 Å². The molecule has 0 aromatic carbocycles. The van der Waals surface area contributed by atoms with Crippen LogP contribution in [0.25, 0.3) is 0 Å². The lowest BCUT2D eigenvalue weighted by Crippen LogP contribution is -2.58. The highest BCUT2D eigenvalue weighted by Gasteiger charge is 2.32. The SMILES string of the molecule is CCC(C)C(N)C(=O)NC(CCC(N)=O)C(=O)NC(CC(N)=O)C(=O)NC(CC(=O)O)C(=O)O. The van der Waals surface area contributed by atoms with Crippen molar-refractivity contribution < 1.29 is 43.8 Å². The van der Waals surface area contributed by atoms with Crippen LogP contribution in [-0.4, -0.2) is 75.9 Å². The molecule has 11 N–H and O–H groups in total. The van der Waals surface area contributed by atoms with Crippen LogP contribution in [0.2, 0.25) is 0 Å². The molecule has 15 nitrogen and oxygen atoms in total. The largest absolute Gasteiger partial charge is 0.481 e. The molecule has 5 amide bonds. The molecule has 0 fully saturated rings. The zero-order valence-electron chi connectivity index (χ0n) is 18.9. The van der Waals surface area contributed by atoms with Gasteiger partial charge in [-0.05, 0) is 12.3 Å². The second kappa shape index (κ2) is 14.4. The molecule has 0 bridgehead atoms. The lowest BCUT2D eigenvalue weighted by molar-refractivity contribution is -0.147. The van der Waals surface area contributed by atoms with E-state index in [1.807, 2.05) is 5.32 Å². The molecule has 0 aromatic heterocycles. The summed E-state index contributed by atoms with van der Waals surface area (Å²) >= 11 is 0. The molecule has 0 spiro atoms. The fourth-order valence-electron chi connectivity index (χ4n) is 2.67. The van der Waals surface area contributed by atoms with Crippen molar-refractivity contribution in [3.05, 3.63) is 0 Å². The number of hydrogen-bond donors (Lipinski definition) is 8. The Balaban J connectivity index is 5.64. The maximum atomic E-state index is 12.8. The highest BCUT2D eigenvalue weighted by Crippen LogP contribution is 2.07. The summed E-state index contributed by atoms with van der Waals surface area (Å²) in [5, 5.41) is 24.3. The summed E-state index contributed by atoms with van der Waals surface area (Å²) in [7, 11) is 0. The lowest BCUT2D eigenvalue weighted by Gasteiger charge is -2.25. The van der Waals surface area contributed by atoms with Crippen molar-refractivity contribution in [3.63, 3.8) is 0 Å². The van der Waals surface area contributed by atoms with Gasteiger partial charge in [0.15, 0.2) is 0 Å². The summed E-state index contributed by atoms with van der Waals surface area (Å²) in [6.07, 6.45) is -1.75. The molecule has 0 radical (unpaired) electrons. The van der Waals surface area contributed by atoms with Crippen LogP contribution in [0.15, 0.2) is 0 Å². The van der Waals surface area contributed by atoms with E-state index in [9.17, 15) is 33.6 Å². The summed E-state index contributed by atoms with van der Waals surface area (Å²) in [4.78, 5) is 82.3. The molecule has 5 atom stereocenters. The van der Waals surface area contributed by atoms with E-state index in [0.717, 1.165) is 0 Å². The van der Waals surface area contributed by atoms with Gasteiger partial charge in [-0.3, -0.25) is 28.8 Å². The molecule has 15 heteroatoms. The number of rotatable bonds is 16. The van der Waals surface area contributed by atoms with Crippen molar-refractivity contribution >= 4 is 41.5 Å². The number of carbonyl (C=O) groups is 7. The topological polar surface area (TPSA) is 274 Å². The number of carbonyl (C=O) groups excluding carboxylic acids is 5. The molecule has 0 rings (SSSR count). The van der Waals surface area contributed by atoms with Crippen LogP contribution in [-0.2, 0) is 33.6 Å². The molecule has 0 aliphatic heterocycles. The summed E-state index contributed by atoms with van der Waals surface area (Å²) in [6, 6.07) is -5.91. The molecular formula is C19H32N6O9. The van der Waals surface area contributed by atoms with Gasteiger partial charge >= 0.3 is 11.9 Å². The fraction of sp³-hybridized carbons (Fsp3) is 0.632. The van der Waals surface area contributed by atoms with E-state index >= 15 is 0 Å². The Bertz CT molecular complexity index is 803. The van der Waals surface area contributed by atoms with Crippen molar-refractivity contribution in [1.82, 2.24) is 16.0 Å².